The van der Waals surface area contributed by atoms with Gasteiger partial charge in [-0.25, -0.2) is 14.4 Å². The average Bonchev–Trinajstić information content (AvgIpc) is 3.14. The summed E-state index contributed by atoms with van der Waals surface area (Å²) in [4.78, 5) is 38.3. The highest BCUT2D eigenvalue weighted by atomic mass is 35.5. The zero-order valence-corrected chi connectivity index (χ0v) is 18.8. The summed E-state index contributed by atoms with van der Waals surface area (Å²) in [5.74, 6) is 0.0751. The molecule has 10 heteroatoms. The summed E-state index contributed by atoms with van der Waals surface area (Å²) in [6, 6.07) is 4.60. The standard InChI is InChI=1S/C22H25ClFN5O3/c1-27(2)21(30)18-4-3-16(13-25-18)32-19-7-10-29(22(19)31)15-5-8-28(9-6-15)20-17(24)11-14(23)12-26-20/h3-4,11-13,15,19H,5-10H2,1-2H3. The molecule has 2 fully saturated rings. The Morgan fingerprint density at radius 1 is 1.16 bits per heavy atom. The molecular weight excluding hydrogens is 437 g/mol. The molecule has 2 aliphatic rings. The number of hydrogen-bond acceptors (Lipinski definition) is 6. The minimum Gasteiger partial charge on any atom is -0.479 e. The van der Waals surface area contributed by atoms with Crippen LogP contribution in [0.3, 0.4) is 0 Å². The first kappa shape index (κ1) is 22.3. The second kappa shape index (κ2) is 9.28. The highest BCUT2D eigenvalue weighted by Crippen LogP contribution is 2.28. The first-order chi connectivity index (χ1) is 15.3. The summed E-state index contributed by atoms with van der Waals surface area (Å²) in [6.07, 6.45) is 4.39. The quantitative estimate of drug-likeness (QED) is 0.681. The molecule has 0 spiro atoms. The fourth-order valence-electron chi connectivity index (χ4n) is 4.15. The Morgan fingerprint density at radius 3 is 2.53 bits per heavy atom. The highest BCUT2D eigenvalue weighted by molar-refractivity contribution is 6.30. The second-order valence-electron chi connectivity index (χ2n) is 8.18. The van der Waals surface area contributed by atoms with Gasteiger partial charge in [-0.1, -0.05) is 11.6 Å². The molecule has 4 heterocycles. The molecule has 1 atom stereocenters. The molecule has 0 saturated carbocycles. The maximum absolute atomic E-state index is 14.2. The fourth-order valence-corrected chi connectivity index (χ4v) is 4.29. The molecule has 8 nitrogen and oxygen atoms in total. The molecule has 0 N–H and O–H groups in total. The van der Waals surface area contributed by atoms with E-state index in [1.807, 2.05) is 9.80 Å². The number of halogens is 2. The number of nitrogens with zero attached hydrogens (tertiary/aromatic N) is 5. The number of aromatic nitrogens is 2. The van der Waals surface area contributed by atoms with Gasteiger partial charge in [0.25, 0.3) is 11.8 Å². The number of piperidine rings is 1. The molecule has 170 valence electrons. The van der Waals surface area contributed by atoms with Gasteiger partial charge < -0.3 is 19.4 Å². The lowest BCUT2D eigenvalue weighted by Gasteiger charge is -2.37. The van der Waals surface area contributed by atoms with Crippen molar-refractivity contribution in [1.82, 2.24) is 19.8 Å². The summed E-state index contributed by atoms with van der Waals surface area (Å²) in [5, 5.41) is 0.268. The van der Waals surface area contributed by atoms with Crippen molar-refractivity contribution in [2.24, 2.45) is 0 Å². The lowest BCUT2D eigenvalue weighted by atomic mass is 10.0. The number of anilines is 1. The third-order valence-corrected chi connectivity index (χ3v) is 6.03. The van der Waals surface area contributed by atoms with Crippen molar-refractivity contribution in [2.75, 3.05) is 38.6 Å². The molecule has 4 rings (SSSR count). The predicted molar refractivity (Wildman–Crippen MR) is 117 cm³/mol. The Hall–Kier alpha value is -2.94. The van der Waals surface area contributed by atoms with E-state index in [0.717, 1.165) is 12.8 Å². The van der Waals surface area contributed by atoms with Crippen molar-refractivity contribution >= 4 is 29.2 Å². The molecule has 2 aliphatic heterocycles. The SMILES string of the molecule is CN(C)C(=O)c1ccc(OC2CCN(C3CCN(c4ncc(Cl)cc4F)CC3)C2=O)cn1. The van der Waals surface area contributed by atoms with Crippen LogP contribution in [-0.4, -0.2) is 77.5 Å². The molecule has 0 aliphatic carbocycles. The van der Waals surface area contributed by atoms with Crippen LogP contribution in [0.5, 0.6) is 5.75 Å². The van der Waals surface area contributed by atoms with Crippen LogP contribution in [0.25, 0.3) is 0 Å². The molecule has 2 aromatic rings. The smallest absolute Gasteiger partial charge is 0.271 e. The Labute approximate surface area is 190 Å². The zero-order chi connectivity index (χ0) is 22.8. The zero-order valence-electron chi connectivity index (χ0n) is 18.0. The first-order valence-electron chi connectivity index (χ1n) is 10.5. The van der Waals surface area contributed by atoms with E-state index in [1.54, 1.807) is 26.2 Å². The Kier molecular flexibility index (Phi) is 6.45. The van der Waals surface area contributed by atoms with E-state index < -0.39 is 11.9 Å². The van der Waals surface area contributed by atoms with E-state index in [2.05, 4.69) is 9.97 Å². The molecule has 32 heavy (non-hydrogen) atoms. The van der Waals surface area contributed by atoms with Crippen molar-refractivity contribution in [3.8, 4) is 5.75 Å². The van der Waals surface area contributed by atoms with Crippen LogP contribution in [0.2, 0.25) is 5.02 Å². The lowest BCUT2D eigenvalue weighted by molar-refractivity contribution is -0.135. The number of pyridine rings is 2. The predicted octanol–water partition coefficient (Wildman–Crippen LogP) is 2.62. The number of carbonyl (C=O) groups is 2. The van der Waals surface area contributed by atoms with Crippen molar-refractivity contribution in [1.29, 1.82) is 0 Å². The summed E-state index contributed by atoms with van der Waals surface area (Å²) >= 11 is 5.79. The topological polar surface area (TPSA) is 78.9 Å². The van der Waals surface area contributed by atoms with Crippen LogP contribution in [0, 0.1) is 5.82 Å². The molecule has 0 bridgehead atoms. The van der Waals surface area contributed by atoms with Gasteiger partial charge >= 0.3 is 0 Å². The first-order valence-corrected chi connectivity index (χ1v) is 10.9. The lowest BCUT2D eigenvalue weighted by Crippen LogP contribution is -2.47. The maximum atomic E-state index is 14.2. The molecular formula is C22H25ClFN5O3. The molecule has 1 unspecified atom stereocenters. The summed E-state index contributed by atoms with van der Waals surface area (Å²) in [7, 11) is 3.32. The van der Waals surface area contributed by atoms with E-state index >= 15 is 0 Å². The van der Waals surface area contributed by atoms with Gasteiger partial charge in [0, 0.05) is 52.4 Å². The average molecular weight is 462 g/mol. The van der Waals surface area contributed by atoms with Crippen molar-refractivity contribution in [3.63, 3.8) is 0 Å². The van der Waals surface area contributed by atoms with Crippen LogP contribution in [-0.2, 0) is 4.79 Å². The Morgan fingerprint density at radius 2 is 1.91 bits per heavy atom. The van der Waals surface area contributed by atoms with Crippen LogP contribution >= 0.6 is 11.6 Å². The third-order valence-electron chi connectivity index (χ3n) is 5.82. The molecule has 2 saturated heterocycles. The van der Waals surface area contributed by atoms with E-state index in [-0.39, 0.29) is 22.9 Å². The third kappa shape index (κ3) is 4.62. The Bertz CT molecular complexity index is 996. The van der Waals surface area contributed by atoms with Gasteiger partial charge in [0.1, 0.15) is 11.4 Å². The van der Waals surface area contributed by atoms with Crippen molar-refractivity contribution in [3.05, 3.63) is 47.1 Å². The number of rotatable bonds is 5. The largest absolute Gasteiger partial charge is 0.479 e. The minimum atomic E-state index is -0.569. The van der Waals surface area contributed by atoms with E-state index in [0.29, 0.717) is 43.3 Å². The molecule has 2 amide bonds. The summed E-state index contributed by atoms with van der Waals surface area (Å²) < 4.78 is 20.0. The van der Waals surface area contributed by atoms with Crippen LogP contribution in [0.1, 0.15) is 29.8 Å². The van der Waals surface area contributed by atoms with E-state index in [9.17, 15) is 14.0 Å². The molecule has 0 radical (unpaired) electrons. The van der Waals surface area contributed by atoms with Gasteiger partial charge in [0.15, 0.2) is 17.7 Å². The number of likely N-dealkylation sites (tertiary alicyclic amines) is 1. The normalized spacial score (nSPS) is 19.4. The van der Waals surface area contributed by atoms with Gasteiger partial charge in [-0.3, -0.25) is 9.59 Å². The number of amides is 2. The number of carbonyl (C=O) groups excluding carboxylic acids is 2. The monoisotopic (exact) mass is 461 g/mol. The van der Waals surface area contributed by atoms with Gasteiger partial charge in [-0.05, 0) is 31.0 Å². The van der Waals surface area contributed by atoms with E-state index in [4.69, 9.17) is 16.3 Å². The Balaban J connectivity index is 1.32. The number of hydrogen-bond donors (Lipinski definition) is 0. The summed E-state index contributed by atoms with van der Waals surface area (Å²) in [5.41, 5.74) is 0.320. The highest BCUT2D eigenvalue weighted by Gasteiger charge is 2.38. The van der Waals surface area contributed by atoms with Crippen LogP contribution < -0.4 is 9.64 Å². The van der Waals surface area contributed by atoms with Crippen LogP contribution in [0.15, 0.2) is 30.6 Å². The van der Waals surface area contributed by atoms with Gasteiger partial charge in [0.05, 0.1) is 11.2 Å². The maximum Gasteiger partial charge on any atom is 0.271 e. The number of ether oxygens (including phenoxy) is 1. The van der Waals surface area contributed by atoms with Gasteiger partial charge in [0.2, 0.25) is 0 Å². The van der Waals surface area contributed by atoms with Gasteiger partial charge in [-0.2, -0.15) is 0 Å². The van der Waals surface area contributed by atoms with E-state index in [1.165, 1.54) is 23.4 Å². The van der Waals surface area contributed by atoms with Crippen LogP contribution in [0.4, 0.5) is 10.2 Å². The molecule has 0 aromatic carbocycles. The van der Waals surface area contributed by atoms with Gasteiger partial charge in [-0.15, -0.1) is 0 Å². The summed E-state index contributed by atoms with van der Waals surface area (Å²) in [6.45, 7) is 1.83. The fraction of sp³-hybridized carbons (Fsp3) is 0.455. The minimum absolute atomic E-state index is 0.0484. The molecule has 2 aromatic heterocycles. The second-order valence-corrected chi connectivity index (χ2v) is 8.62. The van der Waals surface area contributed by atoms with Crippen molar-refractivity contribution in [2.45, 2.75) is 31.4 Å². The van der Waals surface area contributed by atoms with Crippen molar-refractivity contribution < 1.29 is 18.7 Å².